The van der Waals surface area contributed by atoms with Crippen LogP contribution < -0.4 is 4.31 Å². The van der Waals surface area contributed by atoms with Gasteiger partial charge < -0.3 is 4.74 Å². The first-order valence-electron chi connectivity index (χ1n) is 6.23. The van der Waals surface area contributed by atoms with Crippen LogP contribution in [0.25, 0.3) is 0 Å². The fourth-order valence-electron chi connectivity index (χ4n) is 1.83. The largest absolute Gasteiger partial charge is 0.383 e. The summed E-state index contributed by atoms with van der Waals surface area (Å²) in [5, 5.41) is 0.373. The van der Waals surface area contributed by atoms with Gasteiger partial charge in [0.25, 0.3) is 10.0 Å². The summed E-state index contributed by atoms with van der Waals surface area (Å²) in [5.74, 6) is 0. The van der Waals surface area contributed by atoms with E-state index in [0.29, 0.717) is 10.7 Å². The maximum atomic E-state index is 12.8. The molecule has 0 radical (unpaired) electrons. The number of benzene rings is 1. The van der Waals surface area contributed by atoms with Gasteiger partial charge in [0.2, 0.25) is 0 Å². The van der Waals surface area contributed by atoms with E-state index in [4.69, 9.17) is 16.3 Å². The maximum Gasteiger partial charge on any atom is 0.264 e. The first-order chi connectivity index (χ1) is 10.1. The molecule has 0 aliphatic rings. The van der Waals surface area contributed by atoms with E-state index < -0.39 is 10.0 Å². The van der Waals surface area contributed by atoms with Gasteiger partial charge in [-0.25, -0.2) is 8.42 Å². The number of nitrogens with zero attached hydrogens (tertiary/aromatic N) is 2. The molecule has 0 unspecified atom stereocenters. The molecular formula is C14H15ClN2O3S. The highest BCUT2D eigenvalue weighted by molar-refractivity contribution is 7.92. The van der Waals surface area contributed by atoms with Crippen LogP contribution >= 0.6 is 11.6 Å². The topological polar surface area (TPSA) is 59.5 Å². The van der Waals surface area contributed by atoms with Crippen LogP contribution in [0.15, 0.2) is 53.7 Å². The molecule has 21 heavy (non-hydrogen) atoms. The molecular weight excluding hydrogens is 312 g/mol. The Bertz CT molecular complexity index is 692. The van der Waals surface area contributed by atoms with Crippen LogP contribution in [0.1, 0.15) is 0 Å². The number of hydrogen-bond acceptors (Lipinski definition) is 4. The number of sulfonamides is 1. The molecule has 5 nitrogen and oxygen atoms in total. The van der Waals surface area contributed by atoms with Crippen molar-refractivity contribution in [2.75, 3.05) is 24.6 Å². The minimum absolute atomic E-state index is 0.142. The first-order valence-corrected chi connectivity index (χ1v) is 8.05. The molecule has 112 valence electrons. The lowest BCUT2D eigenvalue weighted by atomic mass is 10.4. The Morgan fingerprint density at radius 2 is 1.95 bits per heavy atom. The first kappa shape index (κ1) is 15.8. The fourth-order valence-corrected chi connectivity index (χ4v) is 3.58. The van der Waals surface area contributed by atoms with Crippen LogP contribution in [-0.2, 0) is 14.8 Å². The normalized spacial score (nSPS) is 11.3. The summed E-state index contributed by atoms with van der Waals surface area (Å²) in [6, 6.07) is 9.46. The third kappa shape index (κ3) is 3.72. The van der Waals surface area contributed by atoms with Crippen molar-refractivity contribution in [1.82, 2.24) is 4.98 Å². The number of halogens is 1. The van der Waals surface area contributed by atoms with Gasteiger partial charge in [-0.15, -0.1) is 0 Å². The van der Waals surface area contributed by atoms with Gasteiger partial charge in [0.1, 0.15) is 0 Å². The van der Waals surface area contributed by atoms with Crippen LogP contribution in [-0.4, -0.2) is 33.7 Å². The Morgan fingerprint density at radius 1 is 1.24 bits per heavy atom. The summed E-state index contributed by atoms with van der Waals surface area (Å²) in [5.41, 5.74) is 0.530. The number of ether oxygens (including phenoxy) is 1. The summed E-state index contributed by atoms with van der Waals surface area (Å²) in [6.45, 7) is 0.484. The Hall–Kier alpha value is -1.63. The highest BCUT2D eigenvalue weighted by Crippen LogP contribution is 2.24. The van der Waals surface area contributed by atoms with Crippen molar-refractivity contribution in [2.45, 2.75) is 4.90 Å². The Morgan fingerprint density at radius 3 is 2.57 bits per heavy atom. The number of aromatic nitrogens is 1. The second-order valence-corrected chi connectivity index (χ2v) is 6.53. The van der Waals surface area contributed by atoms with Crippen molar-refractivity contribution in [3.05, 3.63) is 53.8 Å². The second-order valence-electron chi connectivity index (χ2n) is 4.23. The van der Waals surface area contributed by atoms with Gasteiger partial charge >= 0.3 is 0 Å². The summed E-state index contributed by atoms with van der Waals surface area (Å²) in [7, 11) is -2.18. The second kappa shape index (κ2) is 6.89. The lowest BCUT2D eigenvalue weighted by Crippen LogP contribution is -2.34. The molecule has 0 spiro atoms. The Kier molecular flexibility index (Phi) is 5.17. The van der Waals surface area contributed by atoms with E-state index in [1.807, 2.05) is 0 Å². The van der Waals surface area contributed by atoms with Gasteiger partial charge in [-0.2, -0.15) is 0 Å². The molecule has 1 aromatic heterocycles. The number of rotatable bonds is 6. The van der Waals surface area contributed by atoms with E-state index >= 15 is 0 Å². The molecule has 0 aliphatic carbocycles. The van der Waals surface area contributed by atoms with E-state index in [2.05, 4.69) is 4.98 Å². The smallest absolute Gasteiger partial charge is 0.264 e. The summed E-state index contributed by atoms with van der Waals surface area (Å²) >= 11 is 5.89. The zero-order valence-electron chi connectivity index (χ0n) is 11.4. The predicted octanol–water partition coefficient (Wildman–Crippen LogP) is 2.58. The summed E-state index contributed by atoms with van der Waals surface area (Å²) < 4.78 is 31.8. The van der Waals surface area contributed by atoms with Gasteiger partial charge in [0.05, 0.1) is 23.7 Å². The molecule has 0 saturated heterocycles. The fraction of sp³-hybridized carbons (Fsp3) is 0.214. The van der Waals surface area contributed by atoms with Crippen molar-refractivity contribution in [2.24, 2.45) is 0 Å². The zero-order valence-corrected chi connectivity index (χ0v) is 13.0. The SMILES string of the molecule is COCCN(c1ccncc1)S(=O)(=O)c1cccc(Cl)c1. The van der Waals surface area contributed by atoms with Crippen molar-refractivity contribution < 1.29 is 13.2 Å². The molecule has 7 heteroatoms. The number of methoxy groups -OCH3 is 1. The number of anilines is 1. The molecule has 0 fully saturated rings. The lowest BCUT2D eigenvalue weighted by molar-refractivity contribution is 0.208. The van der Waals surface area contributed by atoms with E-state index in [9.17, 15) is 8.42 Å². The van der Waals surface area contributed by atoms with E-state index in [1.165, 1.54) is 23.5 Å². The van der Waals surface area contributed by atoms with Crippen LogP contribution in [0.4, 0.5) is 5.69 Å². The number of pyridine rings is 1. The molecule has 2 rings (SSSR count). The minimum atomic E-state index is -3.71. The van der Waals surface area contributed by atoms with Crippen molar-refractivity contribution in [3.8, 4) is 0 Å². The van der Waals surface area contributed by atoms with Gasteiger partial charge in [0.15, 0.2) is 0 Å². The highest BCUT2D eigenvalue weighted by atomic mass is 35.5. The van der Waals surface area contributed by atoms with Crippen LogP contribution in [0.5, 0.6) is 0 Å². The average Bonchev–Trinajstić information content (AvgIpc) is 2.48. The summed E-state index contributed by atoms with van der Waals surface area (Å²) in [6.07, 6.45) is 3.09. The molecule has 0 N–H and O–H groups in total. The van der Waals surface area contributed by atoms with Crippen molar-refractivity contribution in [1.29, 1.82) is 0 Å². The number of hydrogen-bond donors (Lipinski definition) is 0. The van der Waals surface area contributed by atoms with Crippen LogP contribution in [0.2, 0.25) is 5.02 Å². The molecule has 1 aromatic carbocycles. The van der Waals surface area contributed by atoms with E-state index in [1.54, 1.807) is 36.7 Å². The van der Waals surface area contributed by atoms with E-state index in [0.717, 1.165) is 0 Å². The molecule has 0 amide bonds. The Labute approximate surface area is 129 Å². The van der Waals surface area contributed by atoms with Gasteiger partial charge in [-0.3, -0.25) is 9.29 Å². The van der Waals surface area contributed by atoms with E-state index in [-0.39, 0.29) is 18.0 Å². The molecule has 0 saturated carbocycles. The monoisotopic (exact) mass is 326 g/mol. The average molecular weight is 327 g/mol. The molecule has 1 heterocycles. The van der Waals surface area contributed by atoms with Gasteiger partial charge in [-0.05, 0) is 30.3 Å². The lowest BCUT2D eigenvalue weighted by Gasteiger charge is -2.24. The standard InChI is InChI=1S/C14H15ClN2O3S/c1-20-10-9-17(13-5-7-16-8-6-13)21(18,19)14-4-2-3-12(15)11-14/h2-8,11H,9-10H2,1H3. The molecule has 0 bridgehead atoms. The molecule has 2 aromatic rings. The third-order valence-electron chi connectivity index (χ3n) is 2.83. The van der Waals surface area contributed by atoms with Gasteiger partial charge in [-0.1, -0.05) is 17.7 Å². The third-order valence-corrected chi connectivity index (χ3v) is 4.89. The maximum absolute atomic E-state index is 12.8. The van der Waals surface area contributed by atoms with Gasteiger partial charge in [0, 0.05) is 24.5 Å². The van der Waals surface area contributed by atoms with Crippen molar-refractivity contribution >= 4 is 27.3 Å². The van der Waals surface area contributed by atoms with Crippen LogP contribution in [0, 0.1) is 0 Å². The predicted molar refractivity (Wildman–Crippen MR) is 82.1 cm³/mol. The quantitative estimate of drug-likeness (QED) is 0.818. The Balaban J connectivity index is 2.44. The minimum Gasteiger partial charge on any atom is -0.383 e. The molecule has 0 atom stereocenters. The van der Waals surface area contributed by atoms with Crippen LogP contribution in [0.3, 0.4) is 0 Å². The highest BCUT2D eigenvalue weighted by Gasteiger charge is 2.24. The van der Waals surface area contributed by atoms with Crippen molar-refractivity contribution in [3.63, 3.8) is 0 Å². The zero-order chi connectivity index (χ0) is 15.3. The molecule has 0 aliphatic heterocycles. The summed E-state index contributed by atoms with van der Waals surface area (Å²) in [4.78, 5) is 4.04.